The second-order valence-electron chi connectivity index (χ2n) is 6.63. The quantitative estimate of drug-likeness (QED) is 0.834. The van der Waals surface area contributed by atoms with Gasteiger partial charge in [-0.1, -0.05) is 29.8 Å². The summed E-state index contributed by atoms with van der Waals surface area (Å²) in [5, 5.41) is 0. The third kappa shape index (κ3) is 2.95. The van der Waals surface area contributed by atoms with Crippen LogP contribution in [0.4, 0.5) is 5.82 Å². The molecular formula is C19H22N4O2. The van der Waals surface area contributed by atoms with Gasteiger partial charge in [-0.05, 0) is 12.5 Å². The Hall–Kier alpha value is -2.89. The Balaban J connectivity index is 2.31. The Morgan fingerprint density at radius 1 is 1.08 bits per heavy atom. The van der Waals surface area contributed by atoms with Crippen LogP contribution in [-0.4, -0.2) is 33.8 Å². The van der Waals surface area contributed by atoms with Crippen LogP contribution in [0.2, 0.25) is 0 Å². The van der Waals surface area contributed by atoms with Gasteiger partial charge in [-0.15, -0.1) is 0 Å². The highest BCUT2D eigenvalue weighted by Gasteiger charge is 2.25. The van der Waals surface area contributed by atoms with Crippen molar-refractivity contribution in [1.29, 1.82) is 0 Å². The van der Waals surface area contributed by atoms with Crippen molar-refractivity contribution in [2.24, 2.45) is 19.1 Å². The lowest BCUT2D eigenvalue weighted by Gasteiger charge is -2.22. The summed E-state index contributed by atoms with van der Waals surface area (Å²) in [7, 11) is 7.03. The van der Waals surface area contributed by atoms with Gasteiger partial charge in [-0.2, -0.15) is 0 Å². The van der Waals surface area contributed by atoms with Crippen molar-refractivity contribution in [1.82, 2.24) is 14.0 Å². The largest absolute Gasteiger partial charge is 0.383 e. The van der Waals surface area contributed by atoms with Crippen molar-refractivity contribution in [3.05, 3.63) is 73.6 Å². The van der Waals surface area contributed by atoms with Crippen LogP contribution in [0.5, 0.6) is 0 Å². The summed E-state index contributed by atoms with van der Waals surface area (Å²) in [6.07, 6.45) is 2.42. The highest BCUT2D eigenvalue weighted by Crippen LogP contribution is 2.27. The molecule has 1 aliphatic heterocycles. The van der Waals surface area contributed by atoms with E-state index in [2.05, 4.69) is 0 Å². The molecule has 0 fully saturated rings. The second kappa shape index (κ2) is 6.20. The summed E-state index contributed by atoms with van der Waals surface area (Å²) in [6, 6.07) is 8.09. The molecule has 6 nitrogen and oxygen atoms in total. The molecule has 2 heterocycles. The molecule has 0 aliphatic carbocycles. The van der Waals surface area contributed by atoms with Gasteiger partial charge in [0.1, 0.15) is 5.82 Å². The van der Waals surface area contributed by atoms with Crippen LogP contribution in [0, 0.1) is 6.92 Å². The Bertz CT molecular complexity index is 1010. The predicted molar refractivity (Wildman–Crippen MR) is 99.8 cm³/mol. The monoisotopic (exact) mass is 338 g/mol. The fourth-order valence-electron chi connectivity index (χ4n) is 3.03. The summed E-state index contributed by atoms with van der Waals surface area (Å²) in [5.41, 5.74) is 3.79. The van der Waals surface area contributed by atoms with Gasteiger partial charge in [-0.3, -0.25) is 13.9 Å². The van der Waals surface area contributed by atoms with E-state index < -0.39 is 0 Å². The first-order chi connectivity index (χ1) is 11.8. The highest BCUT2D eigenvalue weighted by atomic mass is 16.2. The Labute approximate surface area is 146 Å². The number of hydrogen-bond acceptors (Lipinski definition) is 4. The van der Waals surface area contributed by atoms with Crippen LogP contribution >= 0.6 is 0 Å². The molecule has 1 aliphatic rings. The van der Waals surface area contributed by atoms with E-state index in [-0.39, 0.29) is 11.2 Å². The first-order valence-corrected chi connectivity index (χ1v) is 8.11. The number of allylic oxidation sites excluding steroid dienone is 1. The molecule has 25 heavy (non-hydrogen) atoms. The van der Waals surface area contributed by atoms with Crippen molar-refractivity contribution in [2.75, 3.05) is 14.1 Å². The minimum atomic E-state index is -0.365. The fourth-order valence-corrected chi connectivity index (χ4v) is 3.03. The van der Waals surface area contributed by atoms with Gasteiger partial charge in [0.25, 0.3) is 5.56 Å². The van der Waals surface area contributed by atoms with Gasteiger partial charge in [0, 0.05) is 46.4 Å². The zero-order chi connectivity index (χ0) is 18.3. The number of aromatic nitrogens is 2. The second-order valence-corrected chi connectivity index (χ2v) is 6.63. The maximum absolute atomic E-state index is 12.5. The molecule has 0 radical (unpaired) electrons. The minimum Gasteiger partial charge on any atom is -0.383 e. The maximum atomic E-state index is 12.5. The van der Waals surface area contributed by atoms with E-state index in [1.54, 1.807) is 7.05 Å². The molecule has 0 atom stereocenters. The Kier molecular flexibility index (Phi) is 4.20. The number of rotatable bonds is 2. The standard InChI is InChI=1S/C19H22N4O2/c1-12-6-8-13(9-7-12)16-14(11-21(2)3)10-15-17(20-16)22(4)19(25)23(5)18(15)24/h6-9,11H,10H2,1-5H3/b14-11-. The van der Waals surface area contributed by atoms with Crippen LogP contribution in [0.15, 0.2) is 50.6 Å². The number of hydrogen-bond donors (Lipinski definition) is 0. The van der Waals surface area contributed by atoms with Gasteiger partial charge < -0.3 is 4.90 Å². The molecule has 0 bridgehead atoms. The van der Waals surface area contributed by atoms with Crippen molar-refractivity contribution in [3.63, 3.8) is 0 Å². The normalized spacial score (nSPS) is 15.1. The smallest absolute Gasteiger partial charge is 0.332 e. The van der Waals surface area contributed by atoms with Crippen LogP contribution in [0.25, 0.3) is 0 Å². The number of fused-ring (bicyclic) bond motifs is 1. The average molecular weight is 338 g/mol. The molecule has 130 valence electrons. The first-order valence-electron chi connectivity index (χ1n) is 8.11. The lowest BCUT2D eigenvalue weighted by atomic mass is 9.94. The van der Waals surface area contributed by atoms with E-state index in [0.717, 1.165) is 21.4 Å². The minimum absolute atomic E-state index is 0.283. The third-order valence-electron chi connectivity index (χ3n) is 4.35. The lowest BCUT2D eigenvalue weighted by Crippen LogP contribution is -2.40. The number of aryl methyl sites for hydroxylation is 1. The topological polar surface area (TPSA) is 59.6 Å². The zero-order valence-electron chi connectivity index (χ0n) is 15.2. The zero-order valence-corrected chi connectivity index (χ0v) is 15.2. The Morgan fingerprint density at radius 2 is 1.72 bits per heavy atom. The molecule has 0 amide bonds. The molecule has 0 saturated heterocycles. The van der Waals surface area contributed by atoms with Crippen molar-refractivity contribution < 1.29 is 0 Å². The molecule has 6 heteroatoms. The first kappa shape index (κ1) is 17.0. The number of nitrogens with zero attached hydrogens (tertiary/aromatic N) is 4. The fraction of sp³-hybridized carbons (Fsp3) is 0.316. The summed E-state index contributed by atoms with van der Waals surface area (Å²) in [4.78, 5) is 31.4. The van der Waals surface area contributed by atoms with Gasteiger partial charge >= 0.3 is 5.69 Å². The molecule has 3 rings (SSSR count). The molecule has 1 aromatic carbocycles. The summed E-state index contributed by atoms with van der Waals surface area (Å²) in [5.74, 6) is 0.444. The maximum Gasteiger partial charge on any atom is 0.332 e. The van der Waals surface area contributed by atoms with E-state index in [1.165, 1.54) is 17.2 Å². The summed E-state index contributed by atoms with van der Waals surface area (Å²) in [6.45, 7) is 2.03. The van der Waals surface area contributed by atoms with Crippen LogP contribution in [-0.2, 0) is 20.5 Å². The van der Waals surface area contributed by atoms with E-state index in [4.69, 9.17) is 4.99 Å². The molecule has 0 spiro atoms. The van der Waals surface area contributed by atoms with E-state index in [0.29, 0.717) is 17.8 Å². The third-order valence-corrected chi connectivity index (χ3v) is 4.35. The molecule has 0 N–H and O–H groups in total. The highest BCUT2D eigenvalue weighted by molar-refractivity contribution is 6.14. The summed E-state index contributed by atoms with van der Waals surface area (Å²) >= 11 is 0. The molecule has 0 unspecified atom stereocenters. The van der Waals surface area contributed by atoms with Crippen molar-refractivity contribution >= 4 is 11.5 Å². The van der Waals surface area contributed by atoms with Crippen LogP contribution in [0.1, 0.15) is 16.7 Å². The number of aliphatic imine (C=N–C) groups is 1. The molecule has 1 aromatic heterocycles. The SMILES string of the molecule is Cc1ccc(C2=Nc3c(c(=O)n(C)c(=O)n3C)C/C2=C/N(C)C)cc1. The average Bonchev–Trinajstić information content (AvgIpc) is 2.58. The van der Waals surface area contributed by atoms with Gasteiger partial charge in [0.2, 0.25) is 0 Å². The van der Waals surface area contributed by atoms with Crippen LogP contribution in [0.3, 0.4) is 0 Å². The van der Waals surface area contributed by atoms with E-state index in [1.807, 2.05) is 56.4 Å². The molecule has 2 aromatic rings. The Morgan fingerprint density at radius 3 is 2.32 bits per heavy atom. The van der Waals surface area contributed by atoms with Gasteiger partial charge in [-0.25, -0.2) is 9.79 Å². The van der Waals surface area contributed by atoms with Crippen LogP contribution < -0.4 is 11.2 Å². The lowest BCUT2D eigenvalue weighted by molar-refractivity contribution is 0.558. The summed E-state index contributed by atoms with van der Waals surface area (Å²) < 4.78 is 2.58. The molecular weight excluding hydrogens is 316 g/mol. The van der Waals surface area contributed by atoms with Crippen molar-refractivity contribution in [2.45, 2.75) is 13.3 Å². The van der Waals surface area contributed by atoms with E-state index >= 15 is 0 Å². The van der Waals surface area contributed by atoms with E-state index in [9.17, 15) is 9.59 Å². The predicted octanol–water partition coefficient (Wildman–Crippen LogP) is 1.51. The van der Waals surface area contributed by atoms with Crippen molar-refractivity contribution in [3.8, 4) is 0 Å². The number of benzene rings is 1. The van der Waals surface area contributed by atoms with Gasteiger partial charge in [0.05, 0.1) is 11.3 Å². The van der Waals surface area contributed by atoms with Gasteiger partial charge in [0.15, 0.2) is 0 Å². The molecule has 0 saturated carbocycles.